The standard InChI is InChI=1S/C30H34N6O4S.CH4/c1-19-9-10-21(25(16-28(37)38)26-15-22-13-20(2)32-33-29(22)34(26)3)14-23(19)17-35-18-24-7-4-5-12-36(24)30-27(41(35,39)40)8-6-11-31-30;/h6,8-11,13-15,24-25H,4-5,7,12,16-18H2,1-3H3,(H,37,38);1H4/t24-,25-;/m1./s1. The number of anilines is 1. The van der Waals surface area contributed by atoms with Gasteiger partial charge in [0, 0.05) is 55.9 Å². The van der Waals surface area contributed by atoms with Crippen molar-refractivity contribution in [2.75, 3.05) is 18.0 Å². The van der Waals surface area contributed by atoms with Crippen LogP contribution in [0, 0.1) is 13.8 Å². The Balaban J connectivity index is 0.00000353. The van der Waals surface area contributed by atoms with Crippen LogP contribution in [0.5, 0.6) is 0 Å². The molecule has 10 nitrogen and oxygen atoms in total. The van der Waals surface area contributed by atoms with Crippen molar-refractivity contribution in [3.8, 4) is 0 Å². The molecule has 2 aliphatic heterocycles. The van der Waals surface area contributed by atoms with Gasteiger partial charge in [0.2, 0.25) is 10.0 Å². The first-order valence-corrected chi connectivity index (χ1v) is 15.4. The average Bonchev–Trinajstić information content (AvgIpc) is 3.23. The number of aromatic nitrogens is 4. The van der Waals surface area contributed by atoms with Crippen LogP contribution in [-0.4, -0.2) is 62.7 Å². The van der Waals surface area contributed by atoms with E-state index in [9.17, 15) is 18.3 Å². The largest absolute Gasteiger partial charge is 0.481 e. The Morgan fingerprint density at radius 2 is 1.93 bits per heavy atom. The first-order valence-electron chi connectivity index (χ1n) is 14.0. The number of carbonyl (C=O) groups is 1. The van der Waals surface area contributed by atoms with Gasteiger partial charge in [0.1, 0.15) is 10.7 Å². The second-order valence-corrected chi connectivity index (χ2v) is 13.1. The van der Waals surface area contributed by atoms with Crippen LogP contribution in [0.4, 0.5) is 5.82 Å². The third-order valence-electron chi connectivity index (χ3n) is 8.47. The van der Waals surface area contributed by atoms with Gasteiger partial charge in [0.05, 0.1) is 12.1 Å². The van der Waals surface area contributed by atoms with Gasteiger partial charge in [-0.1, -0.05) is 25.6 Å². The quantitative estimate of drug-likeness (QED) is 0.340. The van der Waals surface area contributed by atoms with Gasteiger partial charge in [0.15, 0.2) is 5.65 Å². The number of hydrogen-bond donors (Lipinski definition) is 1. The molecule has 0 amide bonds. The van der Waals surface area contributed by atoms with E-state index in [1.807, 2.05) is 55.8 Å². The molecule has 2 aliphatic rings. The zero-order valence-corrected chi connectivity index (χ0v) is 24.3. The number of pyridine rings is 1. The maximum atomic E-state index is 14.0. The molecule has 11 heteroatoms. The molecule has 1 saturated heterocycles. The smallest absolute Gasteiger partial charge is 0.304 e. The summed E-state index contributed by atoms with van der Waals surface area (Å²) in [6.45, 7) is 5.20. The van der Waals surface area contributed by atoms with Crippen molar-refractivity contribution in [2.45, 2.75) is 70.4 Å². The van der Waals surface area contributed by atoms with Gasteiger partial charge >= 0.3 is 5.97 Å². The van der Waals surface area contributed by atoms with Crippen LogP contribution >= 0.6 is 0 Å². The van der Waals surface area contributed by atoms with Gasteiger partial charge in [-0.15, -0.1) is 5.10 Å². The summed E-state index contributed by atoms with van der Waals surface area (Å²) in [7, 11) is -1.94. The molecule has 42 heavy (non-hydrogen) atoms. The minimum atomic E-state index is -3.81. The molecule has 5 heterocycles. The first kappa shape index (κ1) is 29.7. The molecule has 3 aromatic heterocycles. The molecular weight excluding hydrogens is 552 g/mol. The molecule has 222 valence electrons. The van der Waals surface area contributed by atoms with Crippen LogP contribution in [0.3, 0.4) is 0 Å². The number of aliphatic carboxylic acids is 1. The molecule has 0 bridgehead atoms. The van der Waals surface area contributed by atoms with E-state index in [2.05, 4.69) is 20.1 Å². The molecular formula is C31H38N6O4S. The molecule has 0 radical (unpaired) electrons. The summed E-state index contributed by atoms with van der Waals surface area (Å²) in [6, 6.07) is 13.2. The van der Waals surface area contributed by atoms with Crippen molar-refractivity contribution in [1.82, 2.24) is 24.1 Å². The number of carboxylic acid groups (broad SMARTS) is 1. The molecule has 6 rings (SSSR count). The Morgan fingerprint density at radius 1 is 1.12 bits per heavy atom. The highest BCUT2D eigenvalue weighted by Gasteiger charge is 2.39. The van der Waals surface area contributed by atoms with E-state index in [0.29, 0.717) is 18.0 Å². The van der Waals surface area contributed by atoms with Gasteiger partial charge in [-0.2, -0.15) is 9.40 Å². The molecule has 0 aliphatic carbocycles. The fourth-order valence-electron chi connectivity index (χ4n) is 6.31. The summed E-state index contributed by atoms with van der Waals surface area (Å²) in [6.07, 6.45) is 4.52. The van der Waals surface area contributed by atoms with Gasteiger partial charge in [-0.05, 0) is 74.1 Å². The Kier molecular flexibility index (Phi) is 8.08. The lowest BCUT2D eigenvalue weighted by Gasteiger charge is -2.36. The molecule has 4 aromatic rings. The third-order valence-corrected chi connectivity index (χ3v) is 10.3. The number of benzene rings is 1. The van der Waals surface area contributed by atoms with Crippen LogP contribution in [0.25, 0.3) is 11.0 Å². The molecule has 0 unspecified atom stereocenters. The number of piperidine rings is 1. The van der Waals surface area contributed by atoms with Crippen molar-refractivity contribution in [1.29, 1.82) is 0 Å². The molecule has 0 saturated carbocycles. The van der Waals surface area contributed by atoms with Gasteiger partial charge in [-0.3, -0.25) is 4.79 Å². The minimum absolute atomic E-state index is 0. The lowest BCUT2D eigenvalue weighted by Crippen LogP contribution is -2.45. The van der Waals surface area contributed by atoms with Crippen molar-refractivity contribution >= 4 is 32.8 Å². The summed E-state index contributed by atoms with van der Waals surface area (Å²) in [5.41, 5.74) is 4.91. The number of carboxylic acids is 1. The SMILES string of the molecule is C.Cc1cc2cc([C@H](CC(=O)O)c3ccc(C)c(CN4C[C@H]5CCCCN5c5ncccc5S4(=O)=O)c3)n(C)c2nn1. The summed E-state index contributed by atoms with van der Waals surface area (Å²) >= 11 is 0. The lowest BCUT2D eigenvalue weighted by atomic mass is 9.89. The van der Waals surface area contributed by atoms with Crippen molar-refractivity contribution in [3.63, 3.8) is 0 Å². The summed E-state index contributed by atoms with van der Waals surface area (Å²) in [5.74, 6) is -0.826. The second kappa shape index (κ2) is 11.4. The normalized spacial score (nSPS) is 18.9. The predicted molar refractivity (Wildman–Crippen MR) is 162 cm³/mol. The van der Waals surface area contributed by atoms with Crippen molar-refractivity contribution in [3.05, 3.63) is 76.7 Å². The number of sulfonamides is 1. The number of fused-ring (bicyclic) bond motifs is 4. The number of nitrogens with zero attached hydrogens (tertiary/aromatic N) is 6. The van der Waals surface area contributed by atoms with E-state index >= 15 is 0 Å². The van der Waals surface area contributed by atoms with Crippen LogP contribution in [0.15, 0.2) is 53.6 Å². The second-order valence-electron chi connectivity index (χ2n) is 11.2. The minimum Gasteiger partial charge on any atom is -0.481 e. The van der Waals surface area contributed by atoms with Crippen molar-refractivity contribution < 1.29 is 18.3 Å². The molecule has 1 aromatic carbocycles. The topological polar surface area (TPSA) is 122 Å². The van der Waals surface area contributed by atoms with Crippen molar-refractivity contribution in [2.24, 2.45) is 7.05 Å². The van der Waals surface area contributed by atoms with Gasteiger partial charge in [-0.25, -0.2) is 13.4 Å². The van der Waals surface area contributed by atoms with E-state index in [-0.39, 0.29) is 31.3 Å². The zero-order chi connectivity index (χ0) is 28.9. The van der Waals surface area contributed by atoms with E-state index < -0.39 is 21.9 Å². The Hall–Kier alpha value is -3.83. The van der Waals surface area contributed by atoms with Gasteiger partial charge in [0.25, 0.3) is 0 Å². The van der Waals surface area contributed by atoms with Gasteiger partial charge < -0.3 is 14.6 Å². The van der Waals surface area contributed by atoms with Crippen LogP contribution in [-0.2, 0) is 28.4 Å². The van der Waals surface area contributed by atoms with Crippen LogP contribution in [0.1, 0.15) is 67.1 Å². The summed E-state index contributed by atoms with van der Waals surface area (Å²) < 4.78 is 31.5. The molecule has 0 spiro atoms. The van der Waals surface area contributed by atoms with Crippen LogP contribution in [0.2, 0.25) is 0 Å². The average molecular weight is 591 g/mol. The predicted octanol–water partition coefficient (Wildman–Crippen LogP) is 4.79. The van der Waals surface area contributed by atoms with E-state index in [1.54, 1.807) is 22.6 Å². The molecule has 2 atom stereocenters. The lowest BCUT2D eigenvalue weighted by molar-refractivity contribution is -0.137. The van der Waals surface area contributed by atoms with Crippen LogP contribution < -0.4 is 4.90 Å². The monoisotopic (exact) mass is 590 g/mol. The molecule has 1 fully saturated rings. The Bertz CT molecular complexity index is 1750. The first-order chi connectivity index (χ1) is 19.6. The number of aryl methyl sites for hydroxylation is 3. The highest BCUT2D eigenvalue weighted by atomic mass is 32.2. The number of rotatable bonds is 6. The number of hydrogen-bond acceptors (Lipinski definition) is 7. The highest BCUT2D eigenvalue weighted by Crippen LogP contribution is 2.37. The maximum absolute atomic E-state index is 14.0. The summed E-state index contributed by atoms with van der Waals surface area (Å²) in [5, 5.41) is 19.3. The van der Waals surface area contributed by atoms with E-state index in [0.717, 1.165) is 59.3 Å². The maximum Gasteiger partial charge on any atom is 0.304 e. The van der Waals surface area contributed by atoms with E-state index in [4.69, 9.17) is 0 Å². The molecule has 1 N–H and O–H groups in total. The van der Waals surface area contributed by atoms with E-state index in [1.165, 1.54) is 0 Å². The highest BCUT2D eigenvalue weighted by molar-refractivity contribution is 7.89. The Labute approximate surface area is 247 Å². The summed E-state index contributed by atoms with van der Waals surface area (Å²) in [4.78, 5) is 18.9. The zero-order valence-electron chi connectivity index (χ0n) is 23.5. The fraction of sp³-hybridized carbons (Fsp3) is 0.419. The Morgan fingerprint density at radius 3 is 2.71 bits per heavy atom. The fourth-order valence-corrected chi connectivity index (χ4v) is 7.92. The third kappa shape index (κ3) is 5.27.